The monoisotopic (exact) mass is 359 g/mol. The molecule has 2 aromatic rings. The molecule has 0 bridgehead atoms. The number of hydrogen-bond acceptors (Lipinski definition) is 6. The number of unbranched alkanes of at least 4 members (excludes halogenated alkanes) is 2. The molecule has 0 saturated carbocycles. The molecule has 142 valence electrons. The van der Waals surface area contributed by atoms with Gasteiger partial charge in [-0.15, -0.1) is 0 Å². The summed E-state index contributed by atoms with van der Waals surface area (Å²) in [5.41, 5.74) is 7.27. The SMILES string of the molecule is CCCCC(CCCC)n1cnc2c(OCC#CCOC)nc(N)nc21. The van der Waals surface area contributed by atoms with Crippen molar-refractivity contribution in [3.8, 4) is 17.7 Å². The molecule has 0 aliphatic carbocycles. The lowest BCUT2D eigenvalue weighted by Crippen LogP contribution is -2.10. The summed E-state index contributed by atoms with van der Waals surface area (Å²) in [5, 5.41) is 0. The highest BCUT2D eigenvalue weighted by molar-refractivity contribution is 5.77. The fourth-order valence-corrected chi connectivity index (χ4v) is 2.86. The van der Waals surface area contributed by atoms with Gasteiger partial charge in [-0.3, -0.25) is 0 Å². The first kappa shape index (κ1) is 20.0. The molecular formula is C19H29N5O2. The number of ether oxygens (including phenoxy) is 2. The third kappa shape index (κ3) is 5.33. The summed E-state index contributed by atoms with van der Waals surface area (Å²) < 4.78 is 12.7. The van der Waals surface area contributed by atoms with E-state index >= 15 is 0 Å². The molecule has 0 aromatic carbocycles. The zero-order valence-electron chi connectivity index (χ0n) is 16.0. The van der Waals surface area contributed by atoms with Crippen molar-refractivity contribution in [1.29, 1.82) is 0 Å². The molecule has 0 saturated heterocycles. The number of methoxy groups -OCH3 is 1. The Kier molecular flexibility index (Phi) is 8.16. The van der Waals surface area contributed by atoms with Crippen LogP contribution in [0.3, 0.4) is 0 Å². The van der Waals surface area contributed by atoms with Crippen molar-refractivity contribution in [3.63, 3.8) is 0 Å². The molecule has 0 atom stereocenters. The van der Waals surface area contributed by atoms with Gasteiger partial charge in [0, 0.05) is 13.2 Å². The average Bonchev–Trinajstić information content (AvgIpc) is 3.05. The molecule has 0 radical (unpaired) electrons. The summed E-state index contributed by atoms with van der Waals surface area (Å²) in [4.78, 5) is 13.1. The Hall–Kier alpha value is -2.33. The molecule has 0 amide bonds. The van der Waals surface area contributed by atoms with Crippen LogP contribution in [0.5, 0.6) is 5.88 Å². The molecule has 0 aliphatic rings. The maximum Gasteiger partial charge on any atom is 0.248 e. The van der Waals surface area contributed by atoms with Crippen molar-refractivity contribution in [2.45, 2.75) is 58.4 Å². The number of nitrogens with zero attached hydrogens (tertiary/aromatic N) is 4. The second-order valence-corrected chi connectivity index (χ2v) is 6.22. The number of aromatic nitrogens is 4. The summed E-state index contributed by atoms with van der Waals surface area (Å²) in [6.07, 6.45) is 8.72. The van der Waals surface area contributed by atoms with Crippen LogP contribution in [0.1, 0.15) is 58.4 Å². The van der Waals surface area contributed by atoms with Gasteiger partial charge in [0.05, 0.1) is 6.33 Å². The largest absolute Gasteiger partial charge is 0.463 e. The van der Waals surface area contributed by atoms with Crippen LogP contribution in [-0.2, 0) is 4.74 Å². The highest BCUT2D eigenvalue weighted by atomic mass is 16.5. The number of nitrogens with two attached hydrogens (primary N) is 1. The number of imidazole rings is 1. The predicted molar refractivity (Wildman–Crippen MR) is 103 cm³/mol. The van der Waals surface area contributed by atoms with E-state index in [1.807, 2.05) is 6.33 Å². The smallest absolute Gasteiger partial charge is 0.248 e. The molecule has 7 nitrogen and oxygen atoms in total. The first-order valence-corrected chi connectivity index (χ1v) is 9.28. The molecule has 7 heteroatoms. The van der Waals surface area contributed by atoms with Crippen molar-refractivity contribution >= 4 is 17.1 Å². The zero-order chi connectivity index (χ0) is 18.8. The van der Waals surface area contributed by atoms with Gasteiger partial charge in [-0.2, -0.15) is 9.97 Å². The number of anilines is 1. The Morgan fingerprint density at radius 3 is 2.46 bits per heavy atom. The van der Waals surface area contributed by atoms with Gasteiger partial charge < -0.3 is 19.8 Å². The third-order valence-corrected chi connectivity index (χ3v) is 4.20. The van der Waals surface area contributed by atoms with E-state index in [1.165, 1.54) is 25.7 Å². The topological polar surface area (TPSA) is 88.1 Å². The maximum absolute atomic E-state index is 5.91. The summed E-state index contributed by atoms with van der Waals surface area (Å²) in [6.45, 7) is 4.99. The van der Waals surface area contributed by atoms with Crippen LogP contribution in [0, 0.1) is 11.8 Å². The number of nitrogen functional groups attached to an aromatic ring is 1. The van der Waals surface area contributed by atoms with Crippen LogP contribution in [0.15, 0.2) is 6.33 Å². The molecule has 2 rings (SSSR count). The normalized spacial score (nSPS) is 10.9. The lowest BCUT2D eigenvalue weighted by Gasteiger charge is -2.18. The number of hydrogen-bond donors (Lipinski definition) is 1. The first-order chi connectivity index (χ1) is 12.7. The minimum absolute atomic E-state index is 0.184. The Balaban J connectivity index is 2.27. The lowest BCUT2D eigenvalue weighted by atomic mass is 10.0. The number of fused-ring (bicyclic) bond motifs is 1. The lowest BCUT2D eigenvalue weighted by molar-refractivity contribution is 0.239. The molecular weight excluding hydrogens is 330 g/mol. The minimum atomic E-state index is 0.184. The van der Waals surface area contributed by atoms with Gasteiger partial charge in [0.2, 0.25) is 11.8 Å². The fourth-order valence-electron chi connectivity index (χ4n) is 2.86. The maximum atomic E-state index is 5.91. The van der Waals surface area contributed by atoms with Crippen molar-refractivity contribution in [2.75, 3.05) is 26.1 Å². The molecule has 0 unspecified atom stereocenters. The quantitative estimate of drug-likeness (QED) is 0.655. The van der Waals surface area contributed by atoms with E-state index in [9.17, 15) is 0 Å². The van der Waals surface area contributed by atoms with Gasteiger partial charge in [-0.05, 0) is 12.8 Å². The van der Waals surface area contributed by atoms with E-state index in [0.29, 0.717) is 24.0 Å². The van der Waals surface area contributed by atoms with Crippen LogP contribution >= 0.6 is 0 Å². The van der Waals surface area contributed by atoms with E-state index in [0.717, 1.165) is 18.5 Å². The van der Waals surface area contributed by atoms with Crippen molar-refractivity contribution in [1.82, 2.24) is 19.5 Å². The summed E-state index contributed by atoms with van der Waals surface area (Å²) in [6, 6.07) is 0.364. The molecule has 26 heavy (non-hydrogen) atoms. The van der Waals surface area contributed by atoms with E-state index in [1.54, 1.807) is 7.11 Å². The van der Waals surface area contributed by atoms with E-state index in [-0.39, 0.29) is 12.6 Å². The number of rotatable bonds is 10. The average molecular weight is 359 g/mol. The van der Waals surface area contributed by atoms with Gasteiger partial charge >= 0.3 is 0 Å². The van der Waals surface area contributed by atoms with E-state index in [2.05, 4.69) is 45.2 Å². The Labute approximate surface area is 155 Å². The van der Waals surface area contributed by atoms with Crippen LogP contribution in [0.2, 0.25) is 0 Å². The first-order valence-electron chi connectivity index (χ1n) is 9.28. The second-order valence-electron chi connectivity index (χ2n) is 6.22. The van der Waals surface area contributed by atoms with Gasteiger partial charge in [0.25, 0.3) is 0 Å². The van der Waals surface area contributed by atoms with Gasteiger partial charge in [-0.25, -0.2) is 4.98 Å². The standard InChI is InChI=1S/C19H29N5O2/c1-4-6-10-15(11-7-5-2)24-14-21-16-17(24)22-19(20)23-18(16)26-13-9-8-12-25-3/h14-15H,4-7,10-13H2,1-3H3,(H2,20,22,23). The van der Waals surface area contributed by atoms with Gasteiger partial charge in [0.15, 0.2) is 17.8 Å². The fraction of sp³-hybridized carbons (Fsp3) is 0.632. The Bertz CT molecular complexity index is 739. The predicted octanol–water partition coefficient (Wildman–Crippen LogP) is 3.36. The van der Waals surface area contributed by atoms with Crippen molar-refractivity contribution in [3.05, 3.63) is 6.33 Å². The van der Waals surface area contributed by atoms with Crippen LogP contribution in [0.25, 0.3) is 11.2 Å². The van der Waals surface area contributed by atoms with Crippen LogP contribution in [0.4, 0.5) is 5.95 Å². The third-order valence-electron chi connectivity index (χ3n) is 4.20. The Morgan fingerprint density at radius 1 is 1.12 bits per heavy atom. The zero-order valence-corrected chi connectivity index (χ0v) is 16.0. The molecule has 2 N–H and O–H groups in total. The molecule has 2 heterocycles. The molecule has 0 aliphatic heterocycles. The van der Waals surface area contributed by atoms with Crippen molar-refractivity contribution < 1.29 is 9.47 Å². The van der Waals surface area contributed by atoms with Crippen molar-refractivity contribution in [2.24, 2.45) is 0 Å². The highest BCUT2D eigenvalue weighted by Crippen LogP contribution is 2.29. The second kappa shape index (κ2) is 10.6. The summed E-state index contributed by atoms with van der Waals surface area (Å²) in [5.74, 6) is 6.27. The molecule has 0 fully saturated rings. The van der Waals surface area contributed by atoms with E-state index < -0.39 is 0 Å². The molecule has 2 aromatic heterocycles. The van der Waals surface area contributed by atoms with Crippen LogP contribution < -0.4 is 10.5 Å². The Morgan fingerprint density at radius 2 is 1.81 bits per heavy atom. The molecule has 0 spiro atoms. The summed E-state index contributed by atoms with van der Waals surface area (Å²) in [7, 11) is 1.60. The van der Waals surface area contributed by atoms with Gasteiger partial charge in [0.1, 0.15) is 6.61 Å². The highest BCUT2D eigenvalue weighted by Gasteiger charge is 2.18. The van der Waals surface area contributed by atoms with E-state index in [4.69, 9.17) is 15.2 Å². The van der Waals surface area contributed by atoms with Crippen LogP contribution in [-0.4, -0.2) is 39.8 Å². The van der Waals surface area contributed by atoms with Gasteiger partial charge in [-0.1, -0.05) is 51.4 Å². The summed E-state index contributed by atoms with van der Waals surface area (Å²) >= 11 is 0. The minimum Gasteiger partial charge on any atom is -0.463 e.